The maximum Gasteiger partial charge on any atom is 0.228 e. The van der Waals surface area contributed by atoms with Gasteiger partial charge in [-0.25, -0.2) is 0 Å². The van der Waals surface area contributed by atoms with Crippen LogP contribution in [0.4, 0.5) is 0 Å². The number of carbonyl (C=O) groups excluding carboxylic acids is 1. The highest BCUT2D eigenvalue weighted by Gasteiger charge is 2.32. The van der Waals surface area contributed by atoms with Crippen molar-refractivity contribution in [3.05, 3.63) is 30.0 Å². The van der Waals surface area contributed by atoms with Crippen molar-refractivity contribution in [1.29, 1.82) is 0 Å². The molecule has 21 heavy (non-hydrogen) atoms. The molecule has 110 valence electrons. The Hall–Kier alpha value is -1.88. The van der Waals surface area contributed by atoms with E-state index in [1.165, 1.54) is 19.3 Å². The van der Waals surface area contributed by atoms with Gasteiger partial charge in [-0.2, -0.15) is 0 Å². The fraction of sp³-hybridized carbons (Fsp3) is 0.500. The standard InChI is InChI=1S/C16H19N3O2/c20-16(19-9-11-4-3-5-12(10-19)17-11)8-14-13-6-1-2-7-15(13)21-18-14/h1-2,6-7,11-12,17H,3-5,8-10H2. The summed E-state index contributed by atoms with van der Waals surface area (Å²) in [5, 5.41) is 8.61. The highest BCUT2D eigenvalue weighted by atomic mass is 16.5. The molecule has 1 N–H and O–H groups in total. The zero-order chi connectivity index (χ0) is 14.2. The number of piperazine rings is 1. The molecule has 1 amide bonds. The Morgan fingerprint density at radius 1 is 1.29 bits per heavy atom. The zero-order valence-corrected chi connectivity index (χ0v) is 11.9. The SMILES string of the molecule is O=C(Cc1noc2ccccc12)N1CC2CCCC(C1)N2. The van der Waals surface area contributed by atoms with Crippen LogP contribution < -0.4 is 5.32 Å². The summed E-state index contributed by atoms with van der Waals surface area (Å²) in [4.78, 5) is 14.6. The Bertz CT molecular complexity index is 654. The number of aromatic nitrogens is 1. The summed E-state index contributed by atoms with van der Waals surface area (Å²) >= 11 is 0. The number of piperidine rings is 1. The number of amides is 1. The Labute approximate surface area is 123 Å². The van der Waals surface area contributed by atoms with Gasteiger partial charge in [0.15, 0.2) is 5.58 Å². The molecule has 2 aliphatic rings. The lowest BCUT2D eigenvalue weighted by molar-refractivity contribution is -0.133. The molecule has 4 rings (SSSR count). The van der Waals surface area contributed by atoms with Gasteiger partial charge < -0.3 is 14.7 Å². The molecule has 2 unspecified atom stereocenters. The number of nitrogens with one attached hydrogen (secondary N) is 1. The van der Waals surface area contributed by atoms with E-state index in [1.54, 1.807) is 0 Å². The molecule has 2 aromatic rings. The number of nitrogens with zero attached hydrogens (tertiary/aromatic N) is 2. The lowest BCUT2D eigenvalue weighted by Gasteiger charge is -2.42. The van der Waals surface area contributed by atoms with E-state index in [2.05, 4.69) is 10.5 Å². The van der Waals surface area contributed by atoms with Crippen molar-refractivity contribution in [3.63, 3.8) is 0 Å². The molecule has 3 heterocycles. The van der Waals surface area contributed by atoms with Crippen LogP contribution in [0.5, 0.6) is 0 Å². The molecule has 0 aliphatic carbocycles. The minimum absolute atomic E-state index is 0.160. The molecule has 2 aliphatic heterocycles. The lowest BCUT2D eigenvalue weighted by Crippen LogP contribution is -2.60. The van der Waals surface area contributed by atoms with Crippen LogP contribution in [0.25, 0.3) is 11.0 Å². The van der Waals surface area contributed by atoms with Crippen LogP contribution in [0.15, 0.2) is 28.8 Å². The minimum Gasteiger partial charge on any atom is -0.356 e. The largest absolute Gasteiger partial charge is 0.356 e. The van der Waals surface area contributed by atoms with Crippen molar-refractivity contribution in [2.75, 3.05) is 13.1 Å². The van der Waals surface area contributed by atoms with Crippen LogP contribution in [-0.2, 0) is 11.2 Å². The molecule has 0 radical (unpaired) electrons. The molecular formula is C16H19N3O2. The van der Waals surface area contributed by atoms with E-state index in [0.717, 1.165) is 29.8 Å². The van der Waals surface area contributed by atoms with E-state index in [4.69, 9.17) is 4.52 Å². The topological polar surface area (TPSA) is 58.4 Å². The summed E-state index contributed by atoms with van der Waals surface area (Å²) in [6, 6.07) is 8.64. The quantitative estimate of drug-likeness (QED) is 0.913. The number of benzene rings is 1. The van der Waals surface area contributed by atoms with Crippen LogP contribution in [0, 0.1) is 0 Å². The van der Waals surface area contributed by atoms with Crippen LogP contribution in [0.2, 0.25) is 0 Å². The second-order valence-corrected chi connectivity index (χ2v) is 6.09. The second-order valence-electron chi connectivity index (χ2n) is 6.09. The summed E-state index contributed by atoms with van der Waals surface area (Å²) in [6.07, 6.45) is 3.95. The van der Waals surface area contributed by atoms with Crippen molar-refractivity contribution in [2.45, 2.75) is 37.8 Å². The number of hydrogen-bond acceptors (Lipinski definition) is 4. The minimum atomic E-state index is 0.160. The summed E-state index contributed by atoms with van der Waals surface area (Å²) in [6.45, 7) is 1.65. The first kappa shape index (κ1) is 12.8. The zero-order valence-electron chi connectivity index (χ0n) is 11.9. The predicted molar refractivity (Wildman–Crippen MR) is 78.9 cm³/mol. The Kier molecular flexibility index (Phi) is 3.15. The Morgan fingerprint density at radius 2 is 2.05 bits per heavy atom. The number of rotatable bonds is 2. The van der Waals surface area contributed by atoms with Crippen molar-refractivity contribution in [3.8, 4) is 0 Å². The monoisotopic (exact) mass is 285 g/mol. The highest BCUT2D eigenvalue weighted by Crippen LogP contribution is 2.22. The van der Waals surface area contributed by atoms with Crippen molar-refractivity contribution < 1.29 is 9.32 Å². The predicted octanol–water partition coefficient (Wildman–Crippen LogP) is 1.72. The third-order valence-electron chi connectivity index (χ3n) is 4.58. The summed E-state index contributed by atoms with van der Waals surface area (Å²) < 4.78 is 5.28. The van der Waals surface area contributed by atoms with E-state index in [1.807, 2.05) is 29.2 Å². The van der Waals surface area contributed by atoms with Crippen LogP contribution >= 0.6 is 0 Å². The smallest absolute Gasteiger partial charge is 0.228 e. The number of para-hydroxylation sites is 1. The third kappa shape index (κ3) is 2.42. The molecule has 1 aromatic carbocycles. The first-order valence-electron chi connectivity index (χ1n) is 7.67. The Balaban J connectivity index is 1.50. The van der Waals surface area contributed by atoms with E-state index < -0.39 is 0 Å². The van der Waals surface area contributed by atoms with E-state index in [9.17, 15) is 4.79 Å². The average Bonchev–Trinajstić information content (AvgIpc) is 2.90. The van der Waals surface area contributed by atoms with Gasteiger partial charge in [0.1, 0.15) is 5.69 Å². The van der Waals surface area contributed by atoms with Crippen LogP contribution in [0.1, 0.15) is 25.0 Å². The molecule has 0 saturated carbocycles. The van der Waals surface area contributed by atoms with E-state index >= 15 is 0 Å². The molecule has 0 spiro atoms. The fourth-order valence-corrected chi connectivity index (χ4v) is 3.53. The van der Waals surface area contributed by atoms with Gasteiger partial charge in [-0.15, -0.1) is 0 Å². The molecule has 1 aromatic heterocycles. The van der Waals surface area contributed by atoms with Gasteiger partial charge in [-0.1, -0.05) is 23.7 Å². The second kappa shape index (κ2) is 5.15. The maximum atomic E-state index is 12.6. The third-order valence-corrected chi connectivity index (χ3v) is 4.58. The molecule has 5 nitrogen and oxygen atoms in total. The fourth-order valence-electron chi connectivity index (χ4n) is 3.53. The maximum absolute atomic E-state index is 12.6. The summed E-state index contributed by atoms with van der Waals surface area (Å²) in [5.74, 6) is 0.160. The van der Waals surface area contributed by atoms with Crippen molar-refractivity contribution in [2.24, 2.45) is 0 Å². The highest BCUT2D eigenvalue weighted by molar-refractivity contribution is 5.86. The van der Waals surface area contributed by atoms with E-state index in [-0.39, 0.29) is 5.91 Å². The van der Waals surface area contributed by atoms with Gasteiger partial charge in [0, 0.05) is 30.6 Å². The average molecular weight is 285 g/mol. The molecule has 2 bridgehead atoms. The number of carbonyl (C=O) groups is 1. The van der Waals surface area contributed by atoms with Gasteiger partial charge in [-0.05, 0) is 25.0 Å². The normalized spacial score (nSPS) is 25.2. The van der Waals surface area contributed by atoms with Crippen LogP contribution in [0.3, 0.4) is 0 Å². The van der Waals surface area contributed by atoms with Crippen molar-refractivity contribution in [1.82, 2.24) is 15.4 Å². The van der Waals surface area contributed by atoms with Crippen molar-refractivity contribution >= 4 is 16.9 Å². The first-order valence-corrected chi connectivity index (χ1v) is 7.67. The Morgan fingerprint density at radius 3 is 2.86 bits per heavy atom. The molecule has 2 atom stereocenters. The van der Waals surface area contributed by atoms with Gasteiger partial charge in [0.05, 0.1) is 6.42 Å². The molecule has 5 heteroatoms. The molecule has 2 saturated heterocycles. The summed E-state index contributed by atoms with van der Waals surface area (Å²) in [7, 11) is 0. The first-order chi connectivity index (χ1) is 10.3. The number of fused-ring (bicyclic) bond motifs is 3. The molecular weight excluding hydrogens is 266 g/mol. The number of hydrogen-bond donors (Lipinski definition) is 1. The van der Waals surface area contributed by atoms with Gasteiger partial charge >= 0.3 is 0 Å². The van der Waals surface area contributed by atoms with Crippen LogP contribution in [-0.4, -0.2) is 41.1 Å². The van der Waals surface area contributed by atoms with E-state index in [0.29, 0.717) is 18.5 Å². The van der Waals surface area contributed by atoms with Gasteiger partial charge in [0.25, 0.3) is 0 Å². The van der Waals surface area contributed by atoms with Gasteiger partial charge in [0.2, 0.25) is 5.91 Å². The molecule has 2 fully saturated rings. The number of likely N-dealkylation sites (tertiary alicyclic amines) is 1. The lowest BCUT2D eigenvalue weighted by atomic mass is 9.94. The van der Waals surface area contributed by atoms with Gasteiger partial charge in [-0.3, -0.25) is 4.79 Å². The summed E-state index contributed by atoms with van der Waals surface area (Å²) in [5.41, 5.74) is 1.50.